The molecule has 0 bridgehead atoms. The summed E-state index contributed by atoms with van der Waals surface area (Å²) in [5.41, 5.74) is 5.91. The summed E-state index contributed by atoms with van der Waals surface area (Å²) in [5, 5.41) is 11.2. The summed E-state index contributed by atoms with van der Waals surface area (Å²) in [6.07, 6.45) is 5.09. The Morgan fingerprint density at radius 1 is 1.16 bits per heavy atom. The molecular formula is C21H32N6O5. The second-order valence-electron chi connectivity index (χ2n) is 8.66. The highest BCUT2D eigenvalue weighted by Crippen LogP contribution is 2.30. The zero-order valence-electron chi connectivity index (χ0n) is 18.5. The van der Waals surface area contributed by atoms with E-state index in [4.69, 9.17) is 15.2 Å². The lowest BCUT2D eigenvalue weighted by molar-refractivity contribution is -0.167. The molecule has 11 heteroatoms. The Morgan fingerprint density at radius 3 is 2.50 bits per heavy atom. The van der Waals surface area contributed by atoms with Gasteiger partial charge >= 0.3 is 0 Å². The number of ether oxygens (including phenoxy) is 2. The molecule has 3 fully saturated rings. The van der Waals surface area contributed by atoms with Crippen LogP contribution >= 0.6 is 0 Å². The van der Waals surface area contributed by atoms with Crippen molar-refractivity contribution >= 4 is 17.7 Å². The van der Waals surface area contributed by atoms with Gasteiger partial charge in [-0.2, -0.15) is 5.10 Å². The molecule has 176 valence electrons. The van der Waals surface area contributed by atoms with E-state index < -0.39 is 5.91 Å². The van der Waals surface area contributed by atoms with E-state index in [0.717, 1.165) is 38.5 Å². The topological polar surface area (TPSA) is 132 Å². The van der Waals surface area contributed by atoms with E-state index in [2.05, 4.69) is 10.4 Å². The van der Waals surface area contributed by atoms with Gasteiger partial charge in [0.15, 0.2) is 5.69 Å². The molecule has 0 atom stereocenters. The summed E-state index contributed by atoms with van der Waals surface area (Å²) in [6, 6.07) is 1.51. The van der Waals surface area contributed by atoms with Crippen molar-refractivity contribution in [3.8, 4) is 0 Å². The molecule has 0 radical (unpaired) electrons. The maximum absolute atomic E-state index is 13.1. The van der Waals surface area contributed by atoms with Gasteiger partial charge in [-0.25, -0.2) is 5.01 Å². The predicted octanol–water partition coefficient (Wildman–Crippen LogP) is 0.0801. The molecule has 0 aromatic carbocycles. The van der Waals surface area contributed by atoms with Crippen molar-refractivity contribution in [3.63, 3.8) is 0 Å². The van der Waals surface area contributed by atoms with E-state index in [0.29, 0.717) is 31.9 Å². The van der Waals surface area contributed by atoms with Gasteiger partial charge in [0, 0.05) is 32.3 Å². The number of hydrogen-bond acceptors (Lipinski definition) is 7. The highest BCUT2D eigenvalue weighted by atomic mass is 16.5. The number of piperidine rings is 1. The lowest BCUT2D eigenvalue weighted by Crippen LogP contribution is -2.56. The van der Waals surface area contributed by atoms with Crippen molar-refractivity contribution in [1.29, 1.82) is 0 Å². The minimum atomic E-state index is -0.646. The molecule has 1 aromatic rings. The van der Waals surface area contributed by atoms with Crippen LogP contribution in [0.1, 0.15) is 65.5 Å². The summed E-state index contributed by atoms with van der Waals surface area (Å²) in [7, 11) is 1.71. The molecule has 32 heavy (non-hydrogen) atoms. The Balaban J connectivity index is 1.39. The number of morpholine rings is 1. The summed E-state index contributed by atoms with van der Waals surface area (Å²) >= 11 is 0. The van der Waals surface area contributed by atoms with Gasteiger partial charge in [0.1, 0.15) is 12.3 Å². The summed E-state index contributed by atoms with van der Waals surface area (Å²) in [5.74, 6) is -0.920. The molecule has 1 saturated carbocycles. The number of methoxy groups -OCH3 is 1. The maximum atomic E-state index is 13.1. The van der Waals surface area contributed by atoms with Crippen LogP contribution in [0.3, 0.4) is 0 Å². The number of aromatic nitrogens is 2. The third kappa shape index (κ3) is 4.94. The monoisotopic (exact) mass is 448 g/mol. The van der Waals surface area contributed by atoms with Crippen LogP contribution in [-0.4, -0.2) is 89.6 Å². The Hall–Kier alpha value is -2.50. The number of amides is 3. The number of nitrogens with two attached hydrogens (primary N) is 1. The van der Waals surface area contributed by atoms with Crippen molar-refractivity contribution in [2.45, 2.75) is 56.7 Å². The second kappa shape index (κ2) is 9.97. The standard InChI is InChI=1S/C21H32N6O5/c1-31-16-4-2-15(3-5-16)27-18(12-17(24-27)20(22)29)21(30)23-14-6-8-25(9-7-14)26-10-11-32-13-19(26)28/h12,14-16H,2-11,13H2,1H3,(H2,22,29)(H,23,30). The van der Waals surface area contributed by atoms with E-state index >= 15 is 0 Å². The fraction of sp³-hybridized carbons (Fsp3) is 0.714. The van der Waals surface area contributed by atoms with Crippen LogP contribution in [0, 0.1) is 0 Å². The number of hydrazine groups is 1. The number of rotatable bonds is 6. The number of hydrogen-bond donors (Lipinski definition) is 2. The van der Waals surface area contributed by atoms with Crippen LogP contribution in [0.4, 0.5) is 0 Å². The fourth-order valence-electron chi connectivity index (χ4n) is 4.81. The van der Waals surface area contributed by atoms with Gasteiger partial charge in [0.2, 0.25) is 0 Å². The van der Waals surface area contributed by atoms with Crippen molar-refractivity contribution in [3.05, 3.63) is 17.5 Å². The average molecular weight is 449 g/mol. The lowest BCUT2D eigenvalue weighted by Gasteiger charge is -2.41. The predicted molar refractivity (Wildman–Crippen MR) is 114 cm³/mol. The quantitative estimate of drug-likeness (QED) is 0.630. The van der Waals surface area contributed by atoms with Gasteiger partial charge < -0.3 is 20.5 Å². The van der Waals surface area contributed by atoms with Crippen LogP contribution in [0.15, 0.2) is 6.07 Å². The van der Waals surface area contributed by atoms with Gasteiger partial charge in [0.05, 0.1) is 25.3 Å². The molecule has 1 aromatic heterocycles. The molecule has 3 heterocycles. The van der Waals surface area contributed by atoms with Crippen LogP contribution in [0.25, 0.3) is 0 Å². The first kappa shape index (κ1) is 22.7. The van der Waals surface area contributed by atoms with Crippen molar-refractivity contribution in [1.82, 2.24) is 25.1 Å². The Kier molecular flexibility index (Phi) is 7.07. The number of primary amides is 1. The van der Waals surface area contributed by atoms with E-state index in [9.17, 15) is 14.4 Å². The van der Waals surface area contributed by atoms with Crippen molar-refractivity contribution in [2.24, 2.45) is 5.73 Å². The van der Waals surface area contributed by atoms with Crippen molar-refractivity contribution in [2.75, 3.05) is 40.0 Å². The first-order chi connectivity index (χ1) is 15.5. The number of nitrogens with one attached hydrogen (secondary N) is 1. The molecule has 3 amide bonds. The molecular weight excluding hydrogens is 416 g/mol. The number of carbonyl (C=O) groups is 3. The third-order valence-corrected chi connectivity index (χ3v) is 6.65. The molecule has 2 aliphatic heterocycles. The first-order valence-corrected chi connectivity index (χ1v) is 11.3. The van der Waals surface area contributed by atoms with Gasteiger partial charge in [-0.15, -0.1) is 0 Å². The maximum Gasteiger partial charge on any atom is 0.269 e. The van der Waals surface area contributed by atoms with Crippen LogP contribution < -0.4 is 11.1 Å². The summed E-state index contributed by atoms with van der Waals surface area (Å²) in [6.45, 7) is 2.60. The van der Waals surface area contributed by atoms with Crippen LogP contribution in [0.2, 0.25) is 0 Å². The molecule has 2 saturated heterocycles. The first-order valence-electron chi connectivity index (χ1n) is 11.3. The SMILES string of the molecule is COC1CCC(n2nc(C(N)=O)cc2C(=O)NC2CCN(N3CCOCC3=O)CC2)CC1. The van der Waals surface area contributed by atoms with Gasteiger partial charge in [-0.1, -0.05) is 0 Å². The van der Waals surface area contributed by atoms with Crippen LogP contribution in [-0.2, 0) is 14.3 Å². The smallest absolute Gasteiger partial charge is 0.269 e. The van der Waals surface area contributed by atoms with Gasteiger partial charge in [-0.3, -0.25) is 24.1 Å². The fourth-order valence-corrected chi connectivity index (χ4v) is 4.81. The average Bonchev–Trinajstić information content (AvgIpc) is 3.26. The van der Waals surface area contributed by atoms with Crippen LogP contribution in [0.5, 0.6) is 0 Å². The molecule has 0 unspecified atom stereocenters. The highest BCUT2D eigenvalue weighted by Gasteiger charge is 2.31. The van der Waals surface area contributed by atoms with Gasteiger partial charge in [0.25, 0.3) is 17.7 Å². The molecule has 4 rings (SSSR count). The second-order valence-corrected chi connectivity index (χ2v) is 8.66. The van der Waals surface area contributed by atoms with E-state index in [-0.39, 0.29) is 42.3 Å². The zero-order chi connectivity index (χ0) is 22.7. The Bertz CT molecular complexity index is 842. The lowest BCUT2D eigenvalue weighted by atomic mass is 9.93. The molecule has 3 N–H and O–H groups in total. The largest absolute Gasteiger partial charge is 0.381 e. The number of nitrogens with zero attached hydrogens (tertiary/aromatic N) is 4. The molecule has 0 spiro atoms. The Morgan fingerprint density at radius 2 is 1.88 bits per heavy atom. The molecule has 11 nitrogen and oxygen atoms in total. The van der Waals surface area contributed by atoms with E-state index in [1.807, 2.05) is 5.01 Å². The van der Waals surface area contributed by atoms with E-state index in [1.54, 1.807) is 16.8 Å². The third-order valence-electron chi connectivity index (χ3n) is 6.65. The molecule has 1 aliphatic carbocycles. The summed E-state index contributed by atoms with van der Waals surface area (Å²) < 4.78 is 12.3. The van der Waals surface area contributed by atoms with Gasteiger partial charge in [-0.05, 0) is 38.5 Å². The minimum Gasteiger partial charge on any atom is -0.381 e. The minimum absolute atomic E-state index is 0.0144. The number of carbonyl (C=O) groups excluding carboxylic acids is 3. The Labute approximate surface area is 187 Å². The highest BCUT2D eigenvalue weighted by molar-refractivity contribution is 5.97. The molecule has 3 aliphatic rings. The summed E-state index contributed by atoms with van der Waals surface area (Å²) in [4.78, 5) is 36.9. The normalized spacial score (nSPS) is 25.7. The zero-order valence-corrected chi connectivity index (χ0v) is 18.5. The van der Waals surface area contributed by atoms with Crippen molar-refractivity contribution < 1.29 is 23.9 Å². The van der Waals surface area contributed by atoms with E-state index in [1.165, 1.54) is 6.07 Å².